The molecule has 1 N–H and O–H groups in total. The van der Waals surface area contributed by atoms with E-state index in [4.69, 9.17) is 4.74 Å². The zero-order valence-electron chi connectivity index (χ0n) is 16.5. The van der Waals surface area contributed by atoms with Crippen molar-refractivity contribution in [1.82, 2.24) is 14.8 Å². The van der Waals surface area contributed by atoms with Crippen LogP contribution in [-0.4, -0.2) is 32.7 Å². The number of hydrogen-bond acceptors (Lipinski definition) is 6. The average Bonchev–Trinajstić information content (AvgIpc) is 3.29. The number of hydrogen-bond donors (Lipinski definition) is 1. The summed E-state index contributed by atoms with van der Waals surface area (Å²) in [5, 5.41) is 7.44. The van der Waals surface area contributed by atoms with Crippen molar-refractivity contribution in [2.45, 2.75) is 39.8 Å². The van der Waals surface area contributed by atoms with E-state index in [0.29, 0.717) is 27.0 Å². The Morgan fingerprint density at radius 1 is 1.17 bits per heavy atom. The molecule has 0 aliphatic heterocycles. The van der Waals surface area contributed by atoms with Gasteiger partial charge in [0.25, 0.3) is 5.91 Å². The Labute approximate surface area is 171 Å². The lowest BCUT2D eigenvalue weighted by atomic mass is 10.2. The molecule has 7 nitrogen and oxygen atoms in total. The molecule has 9 heteroatoms. The van der Waals surface area contributed by atoms with Gasteiger partial charge < -0.3 is 10.1 Å². The number of amides is 1. The van der Waals surface area contributed by atoms with Crippen LogP contribution in [0.3, 0.4) is 0 Å². The number of thiazole rings is 1. The van der Waals surface area contributed by atoms with E-state index < -0.39 is 18.0 Å². The molecule has 0 saturated carbocycles. The molecule has 0 fully saturated rings. The van der Waals surface area contributed by atoms with Gasteiger partial charge in [-0.05, 0) is 52.0 Å². The number of carbonyl (C=O) groups excluding carboxylic acids is 2. The number of nitrogens with zero attached hydrogens (tertiary/aromatic N) is 3. The van der Waals surface area contributed by atoms with Gasteiger partial charge in [-0.3, -0.25) is 4.79 Å². The van der Waals surface area contributed by atoms with Crippen LogP contribution in [0.25, 0.3) is 10.6 Å². The number of esters is 1. The van der Waals surface area contributed by atoms with Crippen molar-refractivity contribution in [3.8, 4) is 10.6 Å². The van der Waals surface area contributed by atoms with Crippen molar-refractivity contribution in [2.75, 3.05) is 5.32 Å². The molecule has 2 aromatic heterocycles. The maximum atomic E-state index is 13.1. The molecule has 0 aliphatic carbocycles. The molecule has 1 aromatic carbocycles. The lowest BCUT2D eigenvalue weighted by molar-refractivity contribution is -0.123. The molecule has 29 heavy (non-hydrogen) atoms. The summed E-state index contributed by atoms with van der Waals surface area (Å²) in [7, 11) is 0. The summed E-state index contributed by atoms with van der Waals surface area (Å²) in [6.07, 6.45) is 0.581. The summed E-state index contributed by atoms with van der Waals surface area (Å²) >= 11 is 1.14. The number of aryl methyl sites for hydroxylation is 1. The Balaban J connectivity index is 1.68. The Bertz CT molecular complexity index is 1030. The second kappa shape index (κ2) is 8.52. The minimum atomic E-state index is -1.01. The van der Waals surface area contributed by atoms with Crippen LogP contribution in [0.2, 0.25) is 0 Å². The van der Waals surface area contributed by atoms with Crippen LogP contribution >= 0.6 is 11.3 Å². The van der Waals surface area contributed by atoms with Crippen LogP contribution < -0.4 is 5.32 Å². The van der Waals surface area contributed by atoms with E-state index in [1.165, 1.54) is 19.1 Å². The second-order valence-corrected chi connectivity index (χ2v) is 7.73. The molecular formula is C20H21FN4O3S. The Kier molecular flexibility index (Phi) is 6.07. The highest BCUT2D eigenvalue weighted by Gasteiger charge is 2.24. The molecule has 2 heterocycles. The summed E-state index contributed by atoms with van der Waals surface area (Å²) < 4.78 is 20.1. The number of benzene rings is 1. The molecule has 152 valence electrons. The highest BCUT2D eigenvalue weighted by Crippen LogP contribution is 2.29. The molecule has 3 aromatic rings. The van der Waals surface area contributed by atoms with E-state index in [1.54, 1.807) is 36.0 Å². The van der Waals surface area contributed by atoms with Gasteiger partial charge >= 0.3 is 5.97 Å². The van der Waals surface area contributed by atoms with Gasteiger partial charge in [-0.15, -0.1) is 11.3 Å². The first-order valence-electron chi connectivity index (χ1n) is 9.05. The minimum absolute atomic E-state index is 0.0721. The lowest BCUT2D eigenvalue weighted by Gasteiger charge is -2.15. The fourth-order valence-electron chi connectivity index (χ4n) is 2.62. The molecule has 1 amide bonds. The molecular weight excluding hydrogens is 395 g/mol. The van der Waals surface area contributed by atoms with E-state index in [-0.39, 0.29) is 11.9 Å². The monoisotopic (exact) mass is 416 g/mol. The van der Waals surface area contributed by atoms with Gasteiger partial charge in [-0.25, -0.2) is 18.9 Å². The van der Waals surface area contributed by atoms with Gasteiger partial charge in [0.05, 0.1) is 11.9 Å². The first-order chi connectivity index (χ1) is 13.8. The van der Waals surface area contributed by atoms with E-state index in [1.807, 2.05) is 13.8 Å². The molecule has 0 radical (unpaired) electrons. The van der Waals surface area contributed by atoms with Gasteiger partial charge in [0, 0.05) is 17.7 Å². The summed E-state index contributed by atoms with van der Waals surface area (Å²) in [6.45, 7) is 7.07. The van der Waals surface area contributed by atoms with Crippen molar-refractivity contribution in [3.05, 3.63) is 52.9 Å². The number of halogens is 1. The third-order valence-corrected chi connectivity index (χ3v) is 5.32. The quantitative estimate of drug-likeness (QED) is 0.608. The number of aromatic nitrogens is 3. The zero-order valence-corrected chi connectivity index (χ0v) is 17.3. The van der Waals surface area contributed by atoms with Crippen molar-refractivity contribution < 1.29 is 18.7 Å². The van der Waals surface area contributed by atoms with Crippen molar-refractivity contribution >= 4 is 29.0 Å². The fourth-order valence-corrected chi connectivity index (χ4v) is 3.58. The minimum Gasteiger partial charge on any atom is -0.448 e. The molecule has 0 spiro atoms. The molecule has 1 atom stereocenters. The smallest absolute Gasteiger partial charge is 0.351 e. The van der Waals surface area contributed by atoms with Crippen molar-refractivity contribution in [1.29, 1.82) is 0 Å². The maximum Gasteiger partial charge on any atom is 0.351 e. The van der Waals surface area contributed by atoms with Gasteiger partial charge in [0.15, 0.2) is 6.10 Å². The number of rotatable bonds is 6. The number of anilines is 1. The van der Waals surface area contributed by atoms with Crippen LogP contribution in [0.4, 0.5) is 10.2 Å². The fraction of sp³-hybridized carbons (Fsp3) is 0.300. The second-order valence-electron chi connectivity index (χ2n) is 6.73. The molecule has 3 rings (SSSR count). The first kappa shape index (κ1) is 20.7. The predicted molar refractivity (Wildman–Crippen MR) is 108 cm³/mol. The van der Waals surface area contributed by atoms with Crippen molar-refractivity contribution in [3.63, 3.8) is 0 Å². The van der Waals surface area contributed by atoms with Gasteiger partial charge in [0.2, 0.25) is 0 Å². The van der Waals surface area contributed by atoms with E-state index in [9.17, 15) is 14.0 Å². The standard InChI is InChI=1S/C20H21FN4O3S/c1-11(2)25-16(9-10-22-25)24-18(26)13(4)28-20(27)17-12(3)23-19(29-17)14-5-7-15(21)8-6-14/h5-11,13H,1-4H3,(H,24,26)/t13-/m0/s1. The Morgan fingerprint density at radius 2 is 1.86 bits per heavy atom. The van der Waals surface area contributed by atoms with Gasteiger partial charge in [0.1, 0.15) is 21.5 Å². The summed E-state index contributed by atoms with van der Waals surface area (Å²) in [5.41, 5.74) is 1.19. The summed E-state index contributed by atoms with van der Waals surface area (Å²) in [5.74, 6) is -0.907. The first-order valence-corrected chi connectivity index (χ1v) is 9.86. The largest absolute Gasteiger partial charge is 0.448 e. The third-order valence-electron chi connectivity index (χ3n) is 4.14. The Hall–Kier alpha value is -3.07. The average molecular weight is 416 g/mol. The molecule has 0 unspecified atom stereocenters. The van der Waals surface area contributed by atoms with Gasteiger partial charge in [-0.1, -0.05) is 0 Å². The van der Waals surface area contributed by atoms with E-state index >= 15 is 0 Å². The summed E-state index contributed by atoms with van der Waals surface area (Å²) in [6, 6.07) is 7.60. The molecule has 0 aliphatic rings. The third kappa shape index (κ3) is 4.68. The topological polar surface area (TPSA) is 86.1 Å². The van der Waals surface area contributed by atoms with E-state index in [0.717, 1.165) is 11.3 Å². The SMILES string of the molecule is Cc1nc(-c2ccc(F)cc2)sc1C(=O)O[C@@H](C)C(=O)Nc1ccnn1C(C)C. The van der Waals surface area contributed by atoms with Crippen LogP contribution in [0.15, 0.2) is 36.5 Å². The van der Waals surface area contributed by atoms with Gasteiger partial charge in [-0.2, -0.15) is 5.10 Å². The summed E-state index contributed by atoms with van der Waals surface area (Å²) in [4.78, 5) is 29.6. The zero-order chi connectivity index (χ0) is 21.1. The number of nitrogens with one attached hydrogen (secondary N) is 1. The highest BCUT2D eigenvalue weighted by molar-refractivity contribution is 7.17. The molecule has 0 bridgehead atoms. The van der Waals surface area contributed by atoms with Crippen LogP contribution in [0.1, 0.15) is 42.2 Å². The maximum absolute atomic E-state index is 13.1. The normalized spacial score (nSPS) is 12.1. The van der Waals surface area contributed by atoms with Crippen LogP contribution in [0.5, 0.6) is 0 Å². The van der Waals surface area contributed by atoms with Crippen LogP contribution in [0, 0.1) is 12.7 Å². The van der Waals surface area contributed by atoms with Crippen LogP contribution in [-0.2, 0) is 9.53 Å². The van der Waals surface area contributed by atoms with E-state index in [2.05, 4.69) is 15.4 Å². The highest BCUT2D eigenvalue weighted by atomic mass is 32.1. The molecule has 0 saturated heterocycles. The van der Waals surface area contributed by atoms with Crippen molar-refractivity contribution in [2.24, 2.45) is 0 Å². The predicted octanol–water partition coefficient (Wildman–Crippen LogP) is 4.22. The Morgan fingerprint density at radius 3 is 2.52 bits per heavy atom. The number of carbonyl (C=O) groups is 2. The number of ether oxygens (including phenoxy) is 1. The lowest BCUT2D eigenvalue weighted by Crippen LogP contribution is -2.31.